The van der Waals surface area contributed by atoms with Gasteiger partial charge in [-0.2, -0.15) is 0 Å². The predicted octanol–water partition coefficient (Wildman–Crippen LogP) is 1.57. The second-order valence-electron chi connectivity index (χ2n) is 2.30. The average molecular weight is 140 g/mol. The zero-order chi connectivity index (χ0) is 7.33. The third-order valence-corrected chi connectivity index (χ3v) is 2.89. The van der Waals surface area contributed by atoms with Crippen molar-refractivity contribution in [2.45, 2.75) is 13.1 Å². The van der Waals surface area contributed by atoms with Crippen molar-refractivity contribution in [3.8, 4) is 12.3 Å². The summed E-state index contributed by atoms with van der Waals surface area (Å²) >= 11 is 0. The van der Waals surface area contributed by atoms with Crippen LogP contribution in [0.1, 0.15) is 0 Å². The van der Waals surface area contributed by atoms with Gasteiger partial charge in [0, 0.05) is 0 Å². The molecule has 0 atom stereocenters. The second-order valence-corrected chi connectivity index (χ2v) is 6.20. The van der Waals surface area contributed by atoms with E-state index in [-0.39, 0.29) is 0 Å². The summed E-state index contributed by atoms with van der Waals surface area (Å²) in [6.07, 6.45) is 5.00. The Bertz CT molecular complexity index is 132. The Balaban J connectivity index is 3.61. The first-order valence-electron chi connectivity index (χ1n) is 2.83. The smallest absolute Gasteiger partial charge is 0.211 e. The van der Waals surface area contributed by atoms with E-state index >= 15 is 0 Å². The summed E-state index contributed by atoms with van der Waals surface area (Å²) in [6.45, 7) is 8.17. The lowest BCUT2D eigenvalue weighted by Gasteiger charge is -2.15. The molecule has 2 heteroatoms. The van der Waals surface area contributed by atoms with Gasteiger partial charge in [-0.15, -0.1) is 13.0 Å². The molecule has 0 aliphatic heterocycles. The molecular formula is C7H12OSi. The van der Waals surface area contributed by atoms with E-state index in [0.717, 1.165) is 0 Å². The average Bonchev–Trinajstić information content (AvgIpc) is 1.84. The normalized spacial score (nSPS) is 10.3. The first-order valence-corrected chi connectivity index (χ1v) is 5.82. The molecule has 1 nitrogen and oxygen atoms in total. The van der Waals surface area contributed by atoms with Crippen LogP contribution in [0.15, 0.2) is 12.3 Å². The van der Waals surface area contributed by atoms with Gasteiger partial charge < -0.3 is 4.43 Å². The molecule has 0 fully saturated rings. The Kier molecular flexibility index (Phi) is 3.29. The fourth-order valence-electron chi connectivity index (χ4n) is 0.287. The molecule has 50 valence electrons. The molecular weight excluding hydrogens is 128 g/mol. The second kappa shape index (κ2) is 3.49. The first-order chi connectivity index (χ1) is 4.12. The minimum absolute atomic E-state index is 0.408. The van der Waals surface area contributed by atoms with Gasteiger partial charge in [-0.05, 0) is 13.1 Å². The number of hydrogen-bond donors (Lipinski definition) is 0. The van der Waals surface area contributed by atoms with E-state index in [2.05, 4.69) is 25.6 Å². The highest BCUT2D eigenvalue weighted by molar-refractivity contribution is 6.76. The minimum atomic E-state index is -1.58. The molecule has 0 rings (SSSR count). The van der Waals surface area contributed by atoms with E-state index in [1.807, 2.05) is 5.70 Å². The van der Waals surface area contributed by atoms with Gasteiger partial charge in [0.15, 0.2) is 0 Å². The van der Waals surface area contributed by atoms with Crippen molar-refractivity contribution in [3.63, 3.8) is 0 Å². The van der Waals surface area contributed by atoms with Gasteiger partial charge in [0.2, 0.25) is 8.32 Å². The topological polar surface area (TPSA) is 9.23 Å². The van der Waals surface area contributed by atoms with Crippen molar-refractivity contribution < 1.29 is 4.43 Å². The third kappa shape index (κ3) is 4.01. The van der Waals surface area contributed by atoms with Crippen molar-refractivity contribution in [3.05, 3.63) is 12.3 Å². The van der Waals surface area contributed by atoms with Gasteiger partial charge in [-0.25, -0.2) is 0 Å². The Morgan fingerprint density at radius 2 is 2.33 bits per heavy atom. The van der Waals surface area contributed by atoms with Gasteiger partial charge in [-0.1, -0.05) is 11.6 Å². The fraction of sp³-hybridized carbons (Fsp3) is 0.429. The molecule has 0 unspecified atom stereocenters. The van der Waals surface area contributed by atoms with Crippen molar-refractivity contribution in [2.24, 2.45) is 0 Å². The highest BCUT2D eigenvalue weighted by Crippen LogP contribution is 2.02. The molecule has 0 saturated heterocycles. The third-order valence-electron chi connectivity index (χ3n) is 1.02. The molecule has 0 aromatic heterocycles. The summed E-state index contributed by atoms with van der Waals surface area (Å²) in [5.74, 6) is 2.42. The van der Waals surface area contributed by atoms with Crippen molar-refractivity contribution in [1.82, 2.24) is 0 Å². The van der Waals surface area contributed by atoms with Crippen LogP contribution in [0, 0.1) is 12.3 Å². The fourth-order valence-corrected chi connectivity index (χ4v) is 0.860. The zero-order valence-electron chi connectivity index (χ0n) is 5.98. The van der Waals surface area contributed by atoms with E-state index < -0.39 is 8.32 Å². The van der Waals surface area contributed by atoms with Gasteiger partial charge in [-0.3, -0.25) is 0 Å². The SMILES string of the molecule is C#CCO[Si](C)(C)C=C. The van der Waals surface area contributed by atoms with Crippen LogP contribution in [0.3, 0.4) is 0 Å². The Morgan fingerprint density at radius 3 is 2.67 bits per heavy atom. The quantitative estimate of drug-likeness (QED) is 0.427. The standard InChI is InChI=1S/C7H12OSi/c1-5-7-8-9(3,4)6-2/h1,6H,2,7H2,3-4H3. The lowest BCUT2D eigenvalue weighted by atomic mass is 10.8. The van der Waals surface area contributed by atoms with Crippen molar-refractivity contribution in [2.75, 3.05) is 6.61 Å². The maximum Gasteiger partial charge on any atom is 0.211 e. The maximum atomic E-state index is 5.31. The lowest BCUT2D eigenvalue weighted by Crippen LogP contribution is -2.27. The molecule has 0 heterocycles. The van der Waals surface area contributed by atoms with Crippen LogP contribution >= 0.6 is 0 Å². The van der Waals surface area contributed by atoms with Gasteiger partial charge >= 0.3 is 0 Å². The molecule has 0 bridgehead atoms. The van der Waals surface area contributed by atoms with Gasteiger partial charge in [0.25, 0.3) is 0 Å². The predicted molar refractivity (Wildman–Crippen MR) is 42.5 cm³/mol. The molecule has 0 aliphatic carbocycles. The van der Waals surface area contributed by atoms with E-state index in [4.69, 9.17) is 10.8 Å². The molecule has 0 radical (unpaired) electrons. The highest BCUT2D eigenvalue weighted by Gasteiger charge is 2.15. The Hall–Kier alpha value is -0.523. The van der Waals surface area contributed by atoms with E-state index in [9.17, 15) is 0 Å². The van der Waals surface area contributed by atoms with Crippen LogP contribution < -0.4 is 0 Å². The lowest BCUT2D eigenvalue weighted by molar-refractivity contribution is 0.369. The molecule has 0 N–H and O–H groups in total. The van der Waals surface area contributed by atoms with E-state index in [0.29, 0.717) is 6.61 Å². The van der Waals surface area contributed by atoms with Crippen LogP contribution in [0.25, 0.3) is 0 Å². The summed E-state index contributed by atoms with van der Waals surface area (Å²) < 4.78 is 5.31. The first kappa shape index (κ1) is 8.48. The zero-order valence-corrected chi connectivity index (χ0v) is 6.98. The summed E-state index contributed by atoms with van der Waals surface area (Å²) in [5.41, 5.74) is 1.87. The van der Waals surface area contributed by atoms with Crippen molar-refractivity contribution >= 4 is 8.32 Å². The Morgan fingerprint density at radius 1 is 1.78 bits per heavy atom. The number of hydrogen-bond acceptors (Lipinski definition) is 1. The molecule has 9 heavy (non-hydrogen) atoms. The van der Waals surface area contributed by atoms with Crippen LogP contribution in [-0.2, 0) is 4.43 Å². The van der Waals surface area contributed by atoms with Crippen LogP contribution in [0.2, 0.25) is 13.1 Å². The summed E-state index contributed by atoms with van der Waals surface area (Å²) in [4.78, 5) is 0. The molecule has 0 saturated carbocycles. The van der Waals surface area contributed by atoms with Gasteiger partial charge in [0.1, 0.15) is 0 Å². The van der Waals surface area contributed by atoms with Crippen LogP contribution in [0.4, 0.5) is 0 Å². The van der Waals surface area contributed by atoms with Crippen LogP contribution in [0.5, 0.6) is 0 Å². The molecule has 0 spiro atoms. The minimum Gasteiger partial charge on any atom is -0.403 e. The molecule has 0 aromatic rings. The van der Waals surface area contributed by atoms with E-state index in [1.54, 1.807) is 0 Å². The molecule has 0 aliphatic rings. The monoisotopic (exact) mass is 140 g/mol. The number of terminal acetylenes is 1. The molecule has 0 aromatic carbocycles. The molecule has 0 amide bonds. The maximum absolute atomic E-state index is 5.31. The Labute approximate surface area is 57.9 Å². The van der Waals surface area contributed by atoms with E-state index in [1.165, 1.54) is 0 Å². The highest BCUT2D eigenvalue weighted by atomic mass is 28.4. The largest absolute Gasteiger partial charge is 0.403 e. The summed E-state index contributed by atoms with van der Waals surface area (Å²) in [6, 6.07) is 0. The summed E-state index contributed by atoms with van der Waals surface area (Å²) in [5, 5.41) is 0. The van der Waals surface area contributed by atoms with Crippen molar-refractivity contribution in [1.29, 1.82) is 0 Å². The number of rotatable bonds is 3. The van der Waals surface area contributed by atoms with Crippen LogP contribution in [-0.4, -0.2) is 14.9 Å². The van der Waals surface area contributed by atoms with Gasteiger partial charge in [0.05, 0.1) is 6.61 Å². The summed E-state index contributed by atoms with van der Waals surface area (Å²) in [7, 11) is -1.58.